The number of nitrogens with one attached hydrogen (secondary N) is 1. The number of benzene rings is 1. The van der Waals surface area contributed by atoms with Crippen molar-refractivity contribution in [2.75, 3.05) is 20.8 Å². The van der Waals surface area contributed by atoms with Crippen molar-refractivity contribution in [2.24, 2.45) is 5.92 Å². The van der Waals surface area contributed by atoms with Gasteiger partial charge >= 0.3 is 0 Å². The summed E-state index contributed by atoms with van der Waals surface area (Å²) in [5.74, 6) is 1.66. The lowest BCUT2D eigenvalue weighted by Gasteiger charge is -2.16. The second-order valence-corrected chi connectivity index (χ2v) is 5.19. The third kappa shape index (κ3) is 5.29. The highest BCUT2D eigenvalue weighted by molar-refractivity contribution is 5.97. The highest BCUT2D eigenvalue weighted by Gasteiger charge is 2.14. The monoisotopic (exact) mass is 293 g/mol. The van der Waals surface area contributed by atoms with Gasteiger partial charge in [-0.15, -0.1) is 0 Å². The normalized spacial score (nSPS) is 11.8. The van der Waals surface area contributed by atoms with Gasteiger partial charge in [0.05, 0.1) is 19.8 Å². The minimum absolute atomic E-state index is 0.0931. The molecule has 0 aliphatic heterocycles. The van der Waals surface area contributed by atoms with E-state index in [2.05, 4.69) is 19.2 Å². The topological polar surface area (TPSA) is 47.6 Å². The fourth-order valence-corrected chi connectivity index (χ4v) is 2.26. The molecule has 4 nitrogen and oxygen atoms in total. The van der Waals surface area contributed by atoms with Gasteiger partial charge in [0.1, 0.15) is 11.5 Å². The first-order valence-electron chi connectivity index (χ1n) is 7.66. The van der Waals surface area contributed by atoms with Crippen LogP contribution >= 0.6 is 0 Å². The molecule has 21 heavy (non-hydrogen) atoms. The van der Waals surface area contributed by atoms with Gasteiger partial charge in [-0.1, -0.05) is 33.1 Å². The average Bonchev–Trinajstić information content (AvgIpc) is 2.54. The maximum absolute atomic E-state index is 12.3. The molecule has 4 heteroatoms. The summed E-state index contributed by atoms with van der Waals surface area (Å²) < 4.78 is 10.4. The van der Waals surface area contributed by atoms with Gasteiger partial charge in [-0.05, 0) is 24.5 Å². The first-order valence-corrected chi connectivity index (χ1v) is 7.66. The molecular formula is C17H27NO3. The Morgan fingerprint density at radius 2 is 2.00 bits per heavy atom. The van der Waals surface area contributed by atoms with Gasteiger partial charge in [0.15, 0.2) is 0 Å². The Hall–Kier alpha value is -1.71. The minimum atomic E-state index is -0.0931. The van der Waals surface area contributed by atoms with Crippen molar-refractivity contribution in [3.05, 3.63) is 23.8 Å². The van der Waals surface area contributed by atoms with Gasteiger partial charge in [-0.25, -0.2) is 0 Å². The van der Waals surface area contributed by atoms with E-state index in [0.717, 1.165) is 12.8 Å². The van der Waals surface area contributed by atoms with E-state index in [0.29, 0.717) is 29.5 Å². The van der Waals surface area contributed by atoms with Gasteiger partial charge in [0.2, 0.25) is 0 Å². The van der Waals surface area contributed by atoms with E-state index in [1.54, 1.807) is 32.4 Å². The Bertz CT molecular complexity index is 446. The number of unbranched alkanes of at least 4 members (excludes halogenated alkanes) is 1. The third-order valence-corrected chi connectivity index (χ3v) is 3.75. The summed E-state index contributed by atoms with van der Waals surface area (Å²) in [6.07, 6.45) is 4.64. The van der Waals surface area contributed by atoms with Crippen molar-refractivity contribution in [1.29, 1.82) is 0 Å². The molecule has 0 fully saturated rings. The summed E-state index contributed by atoms with van der Waals surface area (Å²) in [5, 5.41) is 3.01. The van der Waals surface area contributed by atoms with E-state index in [9.17, 15) is 4.79 Å². The Morgan fingerprint density at radius 1 is 1.24 bits per heavy atom. The maximum atomic E-state index is 12.3. The molecule has 0 radical (unpaired) electrons. The number of methoxy groups -OCH3 is 2. The Labute approximate surface area is 127 Å². The standard InChI is InChI=1S/C17H27NO3/c1-5-7-8-13(6-2)12-18-17(19)15-10-9-14(20-3)11-16(15)21-4/h9-11,13H,5-8,12H2,1-4H3,(H,18,19)/t13-/m0/s1. The summed E-state index contributed by atoms with van der Waals surface area (Å²) in [7, 11) is 3.15. The van der Waals surface area contributed by atoms with Crippen molar-refractivity contribution < 1.29 is 14.3 Å². The predicted octanol–water partition coefficient (Wildman–Crippen LogP) is 3.65. The summed E-state index contributed by atoms with van der Waals surface area (Å²) in [6, 6.07) is 5.23. The second kappa shape index (κ2) is 9.27. The fourth-order valence-electron chi connectivity index (χ4n) is 2.26. The molecule has 0 heterocycles. The fraction of sp³-hybridized carbons (Fsp3) is 0.588. The maximum Gasteiger partial charge on any atom is 0.255 e. The first kappa shape index (κ1) is 17.3. The van der Waals surface area contributed by atoms with E-state index in [1.807, 2.05) is 0 Å². The Balaban J connectivity index is 2.66. The summed E-state index contributed by atoms with van der Waals surface area (Å²) in [5.41, 5.74) is 0.545. The van der Waals surface area contributed by atoms with Crippen molar-refractivity contribution in [2.45, 2.75) is 39.5 Å². The molecule has 1 rings (SSSR count). The minimum Gasteiger partial charge on any atom is -0.497 e. The van der Waals surface area contributed by atoms with Crippen LogP contribution in [0, 0.1) is 5.92 Å². The van der Waals surface area contributed by atoms with E-state index < -0.39 is 0 Å². The lowest BCUT2D eigenvalue weighted by atomic mass is 9.99. The number of carbonyl (C=O) groups excluding carboxylic acids is 1. The average molecular weight is 293 g/mol. The molecule has 1 aromatic carbocycles. The molecule has 0 saturated carbocycles. The number of hydrogen-bond donors (Lipinski definition) is 1. The number of carbonyl (C=O) groups is 1. The zero-order chi connectivity index (χ0) is 15.7. The highest BCUT2D eigenvalue weighted by Crippen LogP contribution is 2.24. The van der Waals surface area contributed by atoms with Crippen LogP contribution in [0.3, 0.4) is 0 Å². The molecule has 1 aromatic rings. The van der Waals surface area contributed by atoms with Crippen LogP contribution in [0.5, 0.6) is 11.5 Å². The molecule has 0 aliphatic carbocycles. The van der Waals surface area contributed by atoms with Crippen LogP contribution in [0.4, 0.5) is 0 Å². The molecule has 118 valence electrons. The lowest BCUT2D eigenvalue weighted by molar-refractivity contribution is 0.0942. The van der Waals surface area contributed by atoms with Crippen LogP contribution in [0.15, 0.2) is 18.2 Å². The molecule has 1 N–H and O–H groups in total. The van der Waals surface area contributed by atoms with Crippen molar-refractivity contribution in [3.8, 4) is 11.5 Å². The molecule has 0 spiro atoms. The zero-order valence-electron chi connectivity index (χ0n) is 13.6. The largest absolute Gasteiger partial charge is 0.497 e. The number of rotatable bonds is 9. The molecule has 1 atom stereocenters. The van der Waals surface area contributed by atoms with Crippen LogP contribution in [0.2, 0.25) is 0 Å². The second-order valence-electron chi connectivity index (χ2n) is 5.19. The highest BCUT2D eigenvalue weighted by atomic mass is 16.5. The van der Waals surface area contributed by atoms with Gasteiger partial charge < -0.3 is 14.8 Å². The van der Waals surface area contributed by atoms with Gasteiger partial charge in [-0.3, -0.25) is 4.79 Å². The van der Waals surface area contributed by atoms with Crippen LogP contribution in [0.25, 0.3) is 0 Å². The summed E-state index contributed by atoms with van der Waals surface area (Å²) in [4.78, 5) is 12.3. The third-order valence-electron chi connectivity index (χ3n) is 3.75. The van der Waals surface area contributed by atoms with E-state index in [1.165, 1.54) is 12.8 Å². The molecule has 0 saturated heterocycles. The van der Waals surface area contributed by atoms with E-state index in [-0.39, 0.29) is 5.91 Å². The molecule has 1 amide bonds. The van der Waals surface area contributed by atoms with Gasteiger partial charge in [-0.2, -0.15) is 0 Å². The van der Waals surface area contributed by atoms with E-state index in [4.69, 9.17) is 9.47 Å². The number of hydrogen-bond acceptors (Lipinski definition) is 3. The first-order chi connectivity index (χ1) is 10.2. The molecule has 0 unspecified atom stereocenters. The van der Waals surface area contributed by atoms with Crippen LogP contribution < -0.4 is 14.8 Å². The van der Waals surface area contributed by atoms with Crippen molar-refractivity contribution in [1.82, 2.24) is 5.32 Å². The number of amides is 1. The molecular weight excluding hydrogens is 266 g/mol. The zero-order valence-corrected chi connectivity index (χ0v) is 13.6. The van der Waals surface area contributed by atoms with Crippen molar-refractivity contribution in [3.63, 3.8) is 0 Å². The Kier molecular flexibility index (Phi) is 7.65. The number of ether oxygens (including phenoxy) is 2. The predicted molar refractivity (Wildman–Crippen MR) is 85.2 cm³/mol. The van der Waals surface area contributed by atoms with Gasteiger partial charge in [0, 0.05) is 12.6 Å². The lowest BCUT2D eigenvalue weighted by Crippen LogP contribution is -2.29. The van der Waals surface area contributed by atoms with Crippen LogP contribution in [0.1, 0.15) is 49.9 Å². The Morgan fingerprint density at radius 3 is 2.57 bits per heavy atom. The summed E-state index contributed by atoms with van der Waals surface area (Å²) >= 11 is 0. The SMILES string of the molecule is CCCC[C@H](CC)CNC(=O)c1ccc(OC)cc1OC. The summed E-state index contributed by atoms with van der Waals surface area (Å²) in [6.45, 7) is 5.07. The van der Waals surface area contributed by atoms with Gasteiger partial charge in [0.25, 0.3) is 5.91 Å². The molecule has 0 aromatic heterocycles. The smallest absolute Gasteiger partial charge is 0.255 e. The van der Waals surface area contributed by atoms with Crippen LogP contribution in [-0.2, 0) is 0 Å². The quantitative estimate of drug-likeness (QED) is 0.756. The molecule has 0 bridgehead atoms. The molecule has 0 aliphatic rings. The van der Waals surface area contributed by atoms with Crippen LogP contribution in [-0.4, -0.2) is 26.7 Å². The van der Waals surface area contributed by atoms with Crippen molar-refractivity contribution >= 4 is 5.91 Å². The van der Waals surface area contributed by atoms with E-state index >= 15 is 0 Å².